The zero-order valence-electron chi connectivity index (χ0n) is 15.1. The third-order valence-corrected chi connectivity index (χ3v) is 6.06. The molecule has 0 radical (unpaired) electrons. The Kier molecular flexibility index (Phi) is 4.79. The molecule has 2 aliphatic carbocycles. The number of fused-ring (bicyclic) bond motifs is 1. The number of carbonyl (C=O) groups excluding carboxylic acids is 3. The van der Waals surface area contributed by atoms with E-state index in [0.717, 1.165) is 51.4 Å². The Balaban J connectivity index is 1.52. The van der Waals surface area contributed by atoms with Gasteiger partial charge < -0.3 is 5.32 Å². The first-order chi connectivity index (χ1) is 12.6. The molecule has 0 atom stereocenters. The molecule has 5 nitrogen and oxygen atoms in total. The number of nitrogens with one attached hydrogen (secondary N) is 1. The molecule has 0 bridgehead atoms. The standard InChI is InChI=1S/C21H26N2O3/c24-19(22-15-7-3-1-4-8-15)14-11-12-17-18(13-14)21(26)23(20(17)25)16-9-5-2-6-10-16/h11-13,15-16H,1-10H2,(H,22,24). The SMILES string of the molecule is O=C(NC1CCCCC1)c1ccc2c(c1)C(=O)N(C1CCCCC1)C2=O. The summed E-state index contributed by atoms with van der Waals surface area (Å²) in [5, 5.41) is 3.08. The number of nitrogens with zero attached hydrogens (tertiary/aromatic N) is 1. The fraction of sp³-hybridized carbons (Fsp3) is 0.571. The Morgan fingerprint density at radius 3 is 2.15 bits per heavy atom. The predicted octanol–water partition coefficient (Wildman–Crippen LogP) is 3.68. The van der Waals surface area contributed by atoms with E-state index in [1.807, 2.05) is 0 Å². The third kappa shape index (κ3) is 3.15. The molecular formula is C21H26N2O3. The van der Waals surface area contributed by atoms with E-state index < -0.39 is 0 Å². The van der Waals surface area contributed by atoms with Crippen molar-refractivity contribution < 1.29 is 14.4 Å². The number of rotatable bonds is 3. The Labute approximate surface area is 154 Å². The molecule has 4 rings (SSSR count). The van der Waals surface area contributed by atoms with Gasteiger partial charge in [-0.2, -0.15) is 0 Å². The van der Waals surface area contributed by atoms with Crippen LogP contribution in [0.1, 0.15) is 95.3 Å². The molecule has 2 fully saturated rings. The number of benzene rings is 1. The van der Waals surface area contributed by atoms with Crippen LogP contribution in [0.15, 0.2) is 18.2 Å². The zero-order chi connectivity index (χ0) is 18.1. The van der Waals surface area contributed by atoms with Crippen LogP contribution in [0.4, 0.5) is 0 Å². The Morgan fingerprint density at radius 2 is 1.46 bits per heavy atom. The molecule has 0 unspecified atom stereocenters. The second-order valence-corrected chi connectivity index (χ2v) is 7.84. The third-order valence-electron chi connectivity index (χ3n) is 6.06. The van der Waals surface area contributed by atoms with Gasteiger partial charge in [-0.05, 0) is 43.9 Å². The minimum absolute atomic E-state index is 0.00988. The molecule has 5 heteroatoms. The summed E-state index contributed by atoms with van der Waals surface area (Å²) in [6.07, 6.45) is 10.6. The lowest BCUT2D eigenvalue weighted by molar-refractivity contribution is 0.0548. The van der Waals surface area contributed by atoms with E-state index in [-0.39, 0.29) is 29.8 Å². The second kappa shape index (κ2) is 7.22. The first-order valence-electron chi connectivity index (χ1n) is 9.98. The Morgan fingerprint density at radius 1 is 0.846 bits per heavy atom. The molecule has 2 saturated carbocycles. The summed E-state index contributed by atoms with van der Waals surface area (Å²) in [7, 11) is 0. The average molecular weight is 354 g/mol. The highest BCUT2D eigenvalue weighted by Gasteiger charge is 2.40. The normalized spacial score (nSPS) is 21.8. The summed E-state index contributed by atoms with van der Waals surface area (Å²) in [5.74, 6) is -0.573. The fourth-order valence-corrected chi connectivity index (χ4v) is 4.59. The molecule has 3 aliphatic rings. The molecule has 0 aromatic heterocycles. The minimum Gasteiger partial charge on any atom is -0.349 e. The van der Waals surface area contributed by atoms with E-state index >= 15 is 0 Å². The van der Waals surface area contributed by atoms with E-state index in [0.29, 0.717) is 16.7 Å². The lowest BCUT2D eigenvalue weighted by Crippen LogP contribution is -2.40. The summed E-state index contributed by atoms with van der Waals surface area (Å²) >= 11 is 0. The second-order valence-electron chi connectivity index (χ2n) is 7.84. The van der Waals surface area contributed by atoms with Gasteiger partial charge in [-0.25, -0.2) is 0 Å². The van der Waals surface area contributed by atoms with Gasteiger partial charge in [0, 0.05) is 17.6 Å². The molecular weight excluding hydrogens is 328 g/mol. The number of amides is 3. The summed E-state index contributed by atoms with van der Waals surface area (Å²) in [6.45, 7) is 0. The van der Waals surface area contributed by atoms with Crippen molar-refractivity contribution in [3.8, 4) is 0 Å². The summed E-state index contributed by atoms with van der Waals surface area (Å²) in [4.78, 5) is 39.6. The van der Waals surface area contributed by atoms with Gasteiger partial charge in [0.15, 0.2) is 0 Å². The van der Waals surface area contributed by atoms with Crippen LogP contribution in [0, 0.1) is 0 Å². The number of imide groups is 1. The summed E-state index contributed by atoms with van der Waals surface area (Å²) < 4.78 is 0. The molecule has 1 aromatic rings. The van der Waals surface area contributed by atoms with Crippen LogP contribution in [0.3, 0.4) is 0 Å². The maximum atomic E-state index is 12.8. The first kappa shape index (κ1) is 17.3. The largest absolute Gasteiger partial charge is 0.349 e. The van der Waals surface area contributed by atoms with Crippen molar-refractivity contribution in [2.45, 2.75) is 76.3 Å². The van der Waals surface area contributed by atoms with Crippen molar-refractivity contribution in [1.29, 1.82) is 0 Å². The van der Waals surface area contributed by atoms with Crippen LogP contribution in [0.5, 0.6) is 0 Å². The van der Waals surface area contributed by atoms with Crippen molar-refractivity contribution in [3.05, 3.63) is 34.9 Å². The van der Waals surface area contributed by atoms with Gasteiger partial charge in [-0.1, -0.05) is 38.5 Å². The van der Waals surface area contributed by atoms with Gasteiger partial charge in [-0.3, -0.25) is 19.3 Å². The van der Waals surface area contributed by atoms with Gasteiger partial charge in [0.05, 0.1) is 11.1 Å². The molecule has 1 heterocycles. The van der Waals surface area contributed by atoms with E-state index in [4.69, 9.17) is 0 Å². The van der Waals surface area contributed by atoms with E-state index in [1.165, 1.54) is 17.7 Å². The van der Waals surface area contributed by atoms with Gasteiger partial charge in [0.25, 0.3) is 17.7 Å². The van der Waals surface area contributed by atoms with Crippen molar-refractivity contribution in [1.82, 2.24) is 10.2 Å². The summed E-state index contributed by atoms with van der Waals surface area (Å²) in [6, 6.07) is 5.16. The smallest absolute Gasteiger partial charge is 0.261 e. The number of hydrogen-bond donors (Lipinski definition) is 1. The molecule has 0 spiro atoms. The van der Waals surface area contributed by atoms with Gasteiger partial charge in [0.2, 0.25) is 0 Å². The molecule has 1 aromatic carbocycles. The van der Waals surface area contributed by atoms with Crippen LogP contribution in [0.2, 0.25) is 0 Å². The summed E-state index contributed by atoms with van der Waals surface area (Å²) in [5.41, 5.74) is 1.30. The Hall–Kier alpha value is -2.17. The molecule has 1 N–H and O–H groups in total. The molecule has 26 heavy (non-hydrogen) atoms. The van der Waals surface area contributed by atoms with E-state index in [9.17, 15) is 14.4 Å². The fourth-order valence-electron chi connectivity index (χ4n) is 4.59. The quantitative estimate of drug-likeness (QED) is 0.842. The van der Waals surface area contributed by atoms with Crippen molar-refractivity contribution in [3.63, 3.8) is 0 Å². The topological polar surface area (TPSA) is 66.5 Å². The monoisotopic (exact) mass is 354 g/mol. The van der Waals surface area contributed by atoms with Crippen molar-refractivity contribution in [2.24, 2.45) is 0 Å². The first-order valence-corrected chi connectivity index (χ1v) is 9.98. The van der Waals surface area contributed by atoms with Crippen LogP contribution >= 0.6 is 0 Å². The van der Waals surface area contributed by atoms with E-state index in [1.54, 1.807) is 18.2 Å². The lowest BCUT2D eigenvalue weighted by atomic mass is 9.94. The van der Waals surface area contributed by atoms with Gasteiger partial charge in [0.1, 0.15) is 0 Å². The highest BCUT2D eigenvalue weighted by atomic mass is 16.2. The van der Waals surface area contributed by atoms with E-state index in [2.05, 4.69) is 5.32 Å². The Bertz CT molecular complexity index is 731. The highest BCUT2D eigenvalue weighted by Crippen LogP contribution is 2.31. The molecule has 0 saturated heterocycles. The highest BCUT2D eigenvalue weighted by molar-refractivity contribution is 6.22. The predicted molar refractivity (Wildman–Crippen MR) is 98.2 cm³/mol. The lowest BCUT2D eigenvalue weighted by Gasteiger charge is -2.29. The van der Waals surface area contributed by atoms with Crippen molar-refractivity contribution in [2.75, 3.05) is 0 Å². The molecule has 138 valence electrons. The maximum absolute atomic E-state index is 12.8. The van der Waals surface area contributed by atoms with Gasteiger partial charge in [-0.15, -0.1) is 0 Å². The van der Waals surface area contributed by atoms with Crippen molar-refractivity contribution >= 4 is 17.7 Å². The number of carbonyl (C=O) groups is 3. The number of hydrogen-bond acceptors (Lipinski definition) is 3. The zero-order valence-corrected chi connectivity index (χ0v) is 15.1. The van der Waals surface area contributed by atoms with Crippen LogP contribution in [-0.2, 0) is 0 Å². The molecule has 1 aliphatic heterocycles. The minimum atomic E-state index is -0.232. The average Bonchev–Trinajstić information content (AvgIpc) is 2.93. The maximum Gasteiger partial charge on any atom is 0.261 e. The van der Waals surface area contributed by atoms with Gasteiger partial charge >= 0.3 is 0 Å². The molecule has 3 amide bonds. The van der Waals surface area contributed by atoms with Crippen LogP contribution in [0.25, 0.3) is 0 Å². The van der Waals surface area contributed by atoms with Crippen LogP contribution < -0.4 is 5.32 Å². The van der Waals surface area contributed by atoms with Crippen LogP contribution in [-0.4, -0.2) is 34.7 Å².